The second kappa shape index (κ2) is 6.44. The maximum absolute atomic E-state index is 3.63. The molecule has 0 amide bonds. The third-order valence-electron chi connectivity index (χ3n) is 3.57. The van der Waals surface area contributed by atoms with Gasteiger partial charge in [-0.3, -0.25) is 0 Å². The Kier molecular flexibility index (Phi) is 5.54. The molecule has 1 heteroatoms. The zero-order chi connectivity index (χ0) is 10.3. The van der Waals surface area contributed by atoms with Crippen LogP contribution in [0.2, 0.25) is 0 Å². The molecule has 1 N–H and O–H groups in total. The molecule has 1 aliphatic carbocycles. The highest BCUT2D eigenvalue weighted by molar-refractivity contribution is 4.82. The third-order valence-corrected chi connectivity index (χ3v) is 3.57. The third kappa shape index (κ3) is 4.45. The van der Waals surface area contributed by atoms with Gasteiger partial charge in [0.1, 0.15) is 0 Å². The first kappa shape index (κ1) is 12.0. The van der Waals surface area contributed by atoms with Crippen molar-refractivity contribution in [2.45, 2.75) is 65.2 Å². The highest BCUT2D eigenvalue weighted by atomic mass is 14.9. The summed E-state index contributed by atoms with van der Waals surface area (Å²) >= 11 is 0. The number of unbranched alkanes of at least 4 members (excludes halogenated alkanes) is 3. The molecule has 0 saturated heterocycles. The summed E-state index contributed by atoms with van der Waals surface area (Å²) in [7, 11) is 0. The van der Waals surface area contributed by atoms with Crippen LogP contribution in [0.4, 0.5) is 0 Å². The van der Waals surface area contributed by atoms with Gasteiger partial charge in [-0.05, 0) is 31.2 Å². The molecule has 0 aliphatic heterocycles. The van der Waals surface area contributed by atoms with Crippen LogP contribution in [0.5, 0.6) is 0 Å². The topological polar surface area (TPSA) is 12.0 Å². The maximum atomic E-state index is 3.63. The molecule has 1 fully saturated rings. The average molecular weight is 197 g/mol. The zero-order valence-corrected chi connectivity index (χ0v) is 10.1. The van der Waals surface area contributed by atoms with Crippen LogP contribution in [0.3, 0.4) is 0 Å². The van der Waals surface area contributed by atoms with Gasteiger partial charge in [0.05, 0.1) is 0 Å². The van der Waals surface area contributed by atoms with Crippen molar-refractivity contribution in [1.82, 2.24) is 5.32 Å². The van der Waals surface area contributed by atoms with Gasteiger partial charge >= 0.3 is 0 Å². The first-order chi connectivity index (χ1) is 6.77. The van der Waals surface area contributed by atoms with Crippen molar-refractivity contribution >= 4 is 0 Å². The second-order valence-electron chi connectivity index (χ2n) is 5.26. The molecule has 0 heterocycles. The van der Waals surface area contributed by atoms with Crippen molar-refractivity contribution in [3.63, 3.8) is 0 Å². The van der Waals surface area contributed by atoms with Gasteiger partial charge in [-0.2, -0.15) is 0 Å². The fraction of sp³-hybridized carbons (Fsp3) is 1.00. The Morgan fingerprint density at radius 3 is 2.43 bits per heavy atom. The summed E-state index contributed by atoms with van der Waals surface area (Å²) in [6.45, 7) is 7.20. The van der Waals surface area contributed by atoms with Gasteiger partial charge in [0.15, 0.2) is 0 Å². The Balaban J connectivity index is 1.92. The van der Waals surface area contributed by atoms with E-state index >= 15 is 0 Å². The molecule has 0 radical (unpaired) electrons. The molecule has 0 aromatic carbocycles. The molecule has 14 heavy (non-hydrogen) atoms. The molecule has 0 unspecified atom stereocenters. The number of hydrogen-bond donors (Lipinski definition) is 1. The second-order valence-corrected chi connectivity index (χ2v) is 5.26. The lowest BCUT2D eigenvalue weighted by molar-refractivity contribution is 0.314. The van der Waals surface area contributed by atoms with E-state index in [4.69, 9.17) is 0 Å². The molecule has 1 saturated carbocycles. The summed E-state index contributed by atoms with van der Waals surface area (Å²) in [4.78, 5) is 0. The van der Waals surface area contributed by atoms with E-state index in [1.807, 2.05) is 0 Å². The quantitative estimate of drug-likeness (QED) is 0.613. The minimum Gasteiger partial charge on any atom is -0.316 e. The van der Waals surface area contributed by atoms with Gasteiger partial charge in [0.25, 0.3) is 0 Å². The Morgan fingerprint density at radius 2 is 1.79 bits per heavy atom. The summed E-state index contributed by atoms with van der Waals surface area (Å²) < 4.78 is 0. The molecule has 1 rings (SSSR count). The van der Waals surface area contributed by atoms with Gasteiger partial charge in [0.2, 0.25) is 0 Å². The van der Waals surface area contributed by atoms with Crippen LogP contribution in [0.15, 0.2) is 0 Å². The van der Waals surface area contributed by atoms with Gasteiger partial charge in [-0.15, -0.1) is 0 Å². The molecule has 0 aromatic rings. The molecular weight excluding hydrogens is 170 g/mol. The van der Waals surface area contributed by atoms with Gasteiger partial charge < -0.3 is 5.32 Å². The summed E-state index contributed by atoms with van der Waals surface area (Å²) in [6.07, 6.45) is 11.3. The van der Waals surface area contributed by atoms with Crippen LogP contribution in [-0.4, -0.2) is 13.1 Å². The lowest BCUT2D eigenvalue weighted by Crippen LogP contribution is -2.30. The highest BCUT2D eigenvalue weighted by Crippen LogP contribution is 2.36. The van der Waals surface area contributed by atoms with Crippen molar-refractivity contribution in [3.05, 3.63) is 0 Å². The fourth-order valence-corrected chi connectivity index (χ4v) is 2.47. The summed E-state index contributed by atoms with van der Waals surface area (Å²) in [5.41, 5.74) is 0.630. The van der Waals surface area contributed by atoms with E-state index in [1.54, 1.807) is 0 Å². The standard InChI is InChI=1S/C13H27N/c1-3-4-5-8-11-14-12-13(2)9-6-7-10-13/h14H,3-12H2,1-2H3. The van der Waals surface area contributed by atoms with Crippen LogP contribution >= 0.6 is 0 Å². The Labute approximate surface area is 89.7 Å². The van der Waals surface area contributed by atoms with E-state index in [0.29, 0.717) is 5.41 Å². The lowest BCUT2D eigenvalue weighted by Gasteiger charge is -2.23. The molecule has 1 nitrogen and oxygen atoms in total. The van der Waals surface area contributed by atoms with E-state index in [-0.39, 0.29) is 0 Å². The number of hydrogen-bond acceptors (Lipinski definition) is 1. The Bertz CT molecular complexity index is 136. The lowest BCUT2D eigenvalue weighted by atomic mass is 9.89. The molecule has 0 bridgehead atoms. The van der Waals surface area contributed by atoms with Gasteiger partial charge in [-0.1, -0.05) is 46.0 Å². The van der Waals surface area contributed by atoms with Crippen molar-refractivity contribution in [2.24, 2.45) is 5.41 Å². The van der Waals surface area contributed by atoms with Crippen LogP contribution in [0, 0.1) is 5.41 Å². The summed E-state index contributed by atoms with van der Waals surface area (Å²) in [5, 5.41) is 3.63. The fourth-order valence-electron chi connectivity index (χ4n) is 2.47. The SMILES string of the molecule is CCCCCCNCC1(C)CCCC1. The molecule has 1 aliphatic rings. The van der Waals surface area contributed by atoms with Crippen LogP contribution in [0.25, 0.3) is 0 Å². The molecule has 84 valence electrons. The smallest absolute Gasteiger partial charge is 0.000516 e. The Morgan fingerprint density at radius 1 is 1.07 bits per heavy atom. The van der Waals surface area contributed by atoms with Crippen molar-refractivity contribution < 1.29 is 0 Å². The van der Waals surface area contributed by atoms with E-state index in [0.717, 1.165) is 0 Å². The first-order valence-corrected chi connectivity index (χ1v) is 6.47. The van der Waals surface area contributed by atoms with Crippen LogP contribution in [-0.2, 0) is 0 Å². The van der Waals surface area contributed by atoms with Crippen molar-refractivity contribution in [1.29, 1.82) is 0 Å². The molecular formula is C13H27N. The first-order valence-electron chi connectivity index (χ1n) is 6.47. The van der Waals surface area contributed by atoms with Crippen LogP contribution < -0.4 is 5.32 Å². The summed E-state index contributed by atoms with van der Waals surface area (Å²) in [5.74, 6) is 0. The van der Waals surface area contributed by atoms with Crippen molar-refractivity contribution in [2.75, 3.05) is 13.1 Å². The monoisotopic (exact) mass is 197 g/mol. The molecule has 0 spiro atoms. The number of rotatable bonds is 7. The number of nitrogens with one attached hydrogen (secondary N) is 1. The molecule has 0 atom stereocenters. The maximum Gasteiger partial charge on any atom is 0.000516 e. The largest absolute Gasteiger partial charge is 0.316 e. The van der Waals surface area contributed by atoms with Gasteiger partial charge in [0, 0.05) is 6.54 Å². The average Bonchev–Trinajstić information content (AvgIpc) is 2.59. The van der Waals surface area contributed by atoms with E-state index in [2.05, 4.69) is 19.2 Å². The van der Waals surface area contributed by atoms with E-state index in [1.165, 1.54) is 64.5 Å². The zero-order valence-electron chi connectivity index (χ0n) is 10.1. The minimum absolute atomic E-state index is 0.630. The predicted molar refractivity (Wildman–Crippen MR) is 63.6 cm³/mol. The molecule has 0 aromatic heterocycles. The normalized spacial score (nSPS) is 20.1. The predicted octanol–water partition coefficient (Wildman–Crippen LogP) is 3.74. The van der Waals surface area contributed by atoms with E-state index in [9.17, 15) is 0 Å². The summed E-state index contributed by atoms with van der Waals surface area (Å²) in [6, 6.07) is 0. The van der Waals surface area contributed by atoms with Crippen molar-refractivity contribution in [3.8, 4) is 0 Å². The van der Waals surface area contributed by atoms with E-state index < -0.39 is 0 Å². The Hall–Kier alpha value is -0.0400. The van der Waals surface area contributed by atoms with Crippen LogP contribution in [0.1, 0.15) is 65.2 Å². The highest BCUT2D eigenvalue weighted by Gasteiger charge is 2.27. The minimum atomic E-state index is 0.630. The van der Waals surface area contributed by atoms with Gasteiger partial charge in [-0.25, -0.2) is 0 Å².